The number of aliphatic hydroxyl groups excluding tert-OH is 1. The van der Waals surface area contributed by atoms with Crippen molar-refractivity contribution in [2.24, 2.45) is 0 Å². The predicted octanol–water partition coefficient (Wildman–Crippen LogP) is 3.20. The molecular weight excluding hydrogens is 490 g/mol. The van der Waals surface area contributed by atoms with Gasteiger partial charge in [0.05, 0.1) is 0 Å². The van der Waals surface area contributed by atoms with Crippen molar-refractivity contribution in [2.45, 2.75) is 44.1 Å². The Hall–Kier alpha value is -3.38. The van der Waals surface area contributed by atoms with E-state index >= 15 is 0 Å². The van der Waals surface area contributed by atoms with Gasteiger partial charge in [-0.25, -0.2) is 9.18 Å². The van der Waals surface area contributed by atoms with E-state index in [1.807, 2.05) is 18.2 Å². The molecule has 0 aromatic heterocycles. The quantitative estimate of drug-likeness (QED) is 0.354. The Morgan fingerprint density at radius 1 is 1.14 bits per heavy atom. The fourth-order valence-electron chi connectivity index (χ4n) is 3.24. The highest BCUT2D eigenvalue weighted by Gasteiger charge is 2.38. The Bertz CT molecular complexity index is 999. The van der Waals surface area contributed by atoms with Crippen LogP contribution in [0.1, 0.15) is 24.0 Å². The van der Waals surface area contributed by atoms with E-state index in [9.17, 15) is 27.5 Å². The van der Waals surface area contributed by atoms with Crippen molar-refractivity contribution in [2.75, 3.05) is 19.7 Å². The Morgan fingerprint density at radius 3 is 2.42 bits per heavy atom. The predicted molar refractivity (Wildman–Crippen MR) is 120 cm³/mol. The number of ether oxygens (including phenoxy) is 2. The largest absolute Gasteiger partial charge is 0.491 e. The molecule has 8 nitrogen and oxygen atoms in total. The normalized spacial score (nSPS) is 15.5. The number of carboxylic acids is 2. The summed E-state index contributed by atoms with van der Waals surface area (Å²) in [7, 11) is 0. The van der Waals surface area contributed by atoms with E-state index in [-0.39, 0.29) is 24.9 Å². The van der Waals surface area contributed by atoms with Crippen LogP contribution in [0.3, 0.4) is 0 Å². The molecule has 0 radical (unpaired) electrons. The minimum Gasteiger partial charge on any atom is -0.491 e. The molecular formula is C24H27F4NO7. The molecule has 0 unspecified atom stereocenters. The number of rotatable bonds is 10. The Kier molecular flexibility index (Phi) is 10.9. The molecule has 1 aliphatic heterocycles. The van der Waals surface area contributed by atoms with Crippen LogP contribution in [0.15, 0.2) is 42.5 Å². The zero-order valence-electron chi connectivity index (χ0n) is 19.1. The minimum absolute atomic E-state index is 0.0117. The monoisotopic (exact) mass is 517 g/mol. The minimum atomic E-state index is -5.08. The lowest BCUT2D eigenvalue weighted by Gasteiger charge is -2.27. The molecule has 0 saturated heterocycles. The number of alkyl halides is 3. The number of fused-ring (bicyclic) bond motifs is 1. The second kappa shape index (κ2) is 13.6. The van der Waals surface area contributed by atoms with Crippen LogP contribution in [0, 0.1) is 5.82 Å². The summed E-state index contributed by atoms with van der Waals surface area (Å²) in [6, 6.07) is 11.5. The van der Waals surface area contributed by atoms with E-state index in [1.165, 1.54) is 24.3 Å². The van der Waals surface area contributed by atoms with Gasteiger partial charge in [-0.3, -0.25) is 4.79 Å². The molecule has 2 atom stereocenters. The molecule has 12 heteroatoms. The molecule has 0 spiro atoms. The highest BCUT2D eigenvalue weighted by Crippen LogP contribution is 2.28. The van der Waals surface area contributed by atoms with Gasteiger partial charge in [0.1, 0.15) is 36.1 Å². The molecule has 1 aliphatic rings. The van der Waals surface area contributed by atoms with E-state index in [1.54, 1.807) is 0 Å². The first-order valence-electron chi connectivity index (χ1n) is 11.0. The third kappa shape index (κ3) is 10.5. The number of carboxylic acid groups (broad SMARTS) is 2. The topological polar surface area (TPSA) is 125 Å². The highest BCUT2D eigenvalue weighted by atomic mass is 19.4. The summed E-state index contributed by atoms with van der Waals surface area (Å²) in [5.74, 6) is -2.53. The Balaban J connectivity index is 0.000000572. The summed E-state index contributed by atoms with van der Waals surface area (Å²) in [6.07, 6.45) is -3.39. The number of aryl methyl sites for hydroxylation is 2. The fraction of sp³-hybridized carbons (Fsp3) is 0.417. The van der Waals surface area contributed by atoms with Crippen molar-refractivity contribution in [3.05, 3.63) is 59.4 Å². The number of nitrogens with one attached hydrogen (secondary N) is 1. The van der Waals surface area contributed by atoms with Gasteiger partial charge in [-0.05, 0) is 60.7 Å². The van der Waals surface area contributed by atoms with Crippen LogP contribution >= 0.6 is 0 Å². The van der Waals surface area contributed by atoms with Crippen molar-refractivity contribution in [1.82, 2.24) is 5.32 Å². The van der Waals surface area contributed by atoms with Gasteiger partial charge in [-0.2, -0.15) is 13.2 Å². The molecule has 2 aromatic rings. The summed E-state index contributed by atoms with van der Waals surface area (Å²) in [5.41, 5.74) is 2.12. The fourth-order valence-corrected chi connectivity index (χ4v) is 3.24. The first-order valence-corrected chi connectivity index (χ1v) is 11.0. The van der Waals surface area contributed by atoms with Gasteiger partial charge in [-0.15, -0.1) is 0 Å². The van der Waals surface area contributed by atoms with E-state index in [0.717, 1.165) is 29.7 Å². The number of halogens is 4. The van der Waals surface area contributed by atoms with Crippen LogP contribution in [0.2, 0.25) is 0 Å². The van der Waals surface area contributed by atoms with E-state index in [2.05, 4.69) is 5.32 Å². The van der Waals surface area contributed by atoms with E-state index in [0.29, 0.717) is 25.3 Å². The van der Waals surface area contributed by atoms with Crippen LogP contribution < -0.4 is 14.8 Å². The number of aliphatic carboxylic acids is 2. The average molecular weight is 517 g/mol. The van der Waals surface area contributed by atoms with Crippen molar-refractivity contribution >= 4 is 11.9 Å². The molecule has 3 rings (SSSR count). The lowest BCUT2D eigenvalue weighted by Crippen LogP contribution is -2.39. The zero-order chi connectivity index (χ0) is 26.7. The second-order valence-corrected chi connectivity index (χ2v) is 7.99. The Morgan fingerprint density at radius 2 is 1.81 bits per heavy atom. The molecule has 198 valence electrons. The van der Waals surface area contributed by atoms with Crippen LogP contribution in [0.25, 0.3) is 0 Å². The van der Waals surface area contributed by atoms with Crippen molar-refractivity contribution in [1.29, 1.82) is 0 Å². The summed E-state index contributed by atoms with van der Waals surface area (Å²) in [6.45, 7) is 1.09. The van der Waals surface area contributed by atoms with Gasteiger partial charge in [0, 0.05) is 19.5 Å². The molecule has 4 N–H and O–H groups in total. The average Bonchev–Trinajstić information content (AvgIpc) is 2.82. The summed E-state index contributed by atoms with van der Waals surface area (Å²) >= 11 is 0. The second-order valence-electron chi connectivity index (χ2n) is 7.99. The van der Waals surface area contributed by atoms with Gasteiger partial charge in [0.25, 0.3) is 0 Å². The molecule has 0 amide bonds. The smallest absolute Gasteiger partial charge is 0.490 e. The molecule has 2 aromatic carbocycles. The Labute approximate surface area is 204 Å². The highest BCUT2D eigenvalue weighted by molar-refractivity contribution is 5.73. The van der Waals surface area contributed by atoms with Crippen molar-refractivity contribution in [3.8, 4) is 11.5 Å². The maximum Gasteiger partial charge on any atom is 0.490 e. The molecule has 0 bridgehead atoms. The SMILES string of the molecule is O=C(O)C(F)(F)F.O=C(O)CCc1ccc2c(c1)CC[C@H](CNC[C@H](O)COc1ccc(F)cc1)O2. The van der Waals surface area contributed by atoms with Gasteiger partial charge >= 0.3 is 18.1 Å². The lowest BCUT2D eigenvalue weighted by atomic mass is 9.98. The third-order valence-corrected chi connectivity index (χ3v) is 5.03. The van der Waals surface area contributed by atoms with Gasteiger partial charge in [0.2, 0.25) is 0 Å². The molecule has 36 heavy (non-hydrogen) atoms. The lowest BCUT2D eigenvalue weighted by molar-refractivity contribution is -0.192. The maximum absolute atomic E-state index is 12.9. The van der Waals surface area contributed by atoms with Crippen LogP contribution in [0.5, 0.6) is 11.5 Å². The number of carbonyl (C=O) groups is 2. The maximum atomic E-state index is 12.9. The van der Waals surface area contributed by atoms with Crippen molar-refractivity contribution < 1.29 is 51.9 Å². The van der Waals surface area contributed by atoms with Crippen LogP contribution in [-0.2, 0) is 22.4 Å². The zero-order valence-corrected chi connectivity index (χ0v) is 19.1. The van der Waals surface area contributed by atoms with E-state index < -0.39 is 24.2 Å². The number of aliphatic hydroxyl groups is 1. The first kappa shape index (κ1) is 28.9. The molecule has 0 aliphatic carbocycles. The molecule has 1 heterocycles. The van der Waals surface area contributed by atoms with Crippen molar-refractivity contribution in [3.63, 3.8) is 0 Å². The third-order valence-electron chi connectivity index (χ3n) is 5.03. The number of benzene rings is 2. The summed E-state index contributed by atoms with van der Waals surface area (Å²) in [5, 5.41) is 29.1. The summed E-state index contributed by atoms with van der Waals surface area (Å²) < 4.78 is 56.0. The molecule has 0 fully saturated rings. The number of hydrogen-bond acceptors (Lipinski definition) is 6. The first-order chi connectivity index (χ1) is 16.9. The van der Waals surface area contributed by atoms with Crippen LogP contribution in [-0.4, -0.2) is 65.3 Å². The summed E-state index contributed by atoms with van der Waals surface area (Å²) in [4.78, 5) is 19.6. The standard InChI is InChI=1S/C22H26FNO5.C2HF3O2/c23-17-4-7-19(8-5-17)28-14-18(25)12-24-13-20-6-3-16-11-15(2-10-22(26)27)1-9-21(16)29-20;3-2(4,5)1(6)7/h1,4-5,7-9,11,18,20,24-25H,2-3,6,10,12-14H2,(H,26,27);(H,6,7)/t18-,20+;/m0./s1. The van der Waals surface area contributed by atoms with E-state index in [4.69, 9.17) is 24.5 Å². The van der Waals surface area contributed by atoms with Crippen LogP contribution in [0.4, 0.5) is 17.6 Å². The van der Waals surface area contributed by atoms with Gasteiger partial charge < -0.3 is 30.1 Å². The molecule has 0 saturated carbocycles. The van der Waals surface area contributed by atoms with Gasteiger partial charge in [-0.1, -0.05) is 12.1 Å². The van der Waals surface area contributed by atoms with Gasteiger partial charge in [0.15, 0.2) is 0 Å². The number of hydrogen-bond donors (Lipinski definition) is 4.